The van der Waals surface area contributed by atoms with Crippen LogP contribution in [0.3, 0.4) is 0 Å². The molecule has 0 aliphatic heterocycles. The summed E-state index contributed by atoms with van der Waals surface area (Å²) in [5.74, 6) is 0.828. The average Bonchev–Trinajstić information content (AvgIpc) is 3.05. The molecule has 1 aromatic heterocycles. The molecule has 0 saturated heterocycles. The van der Waals surface area contributed by atoms with Crippen molar-refractivity contribution in [2.75, 3.05) is 13.1 Å². The van der Waals surface area contributed by atoms with Crippen molar-refractivity contribution in [3.63, 3.8) is 0 Å². The second kappa shape index (κ2) is 5.95. The van der Waals surface area contributed by atoms with Crippen molar-refractivity contribution in [1.82, 2.24) is 25.6 Å². The van der Waals surface area contributed by atoms with E-state index in [4.69, 9.17) is 0 Å². The van der Waals surface area contributed by atoms with Gasteiger partial charge in [0.15, 0.2) is 0 Å². The highest BCUT2D eigenvalue weighted by Crippen LogP contribution is 2.27. The molecule has 2 rings (SSSR count). The van der Waals surface area contributed by atoms with Crippen molar-refractivity contribution in [2.45, 2.75) is 39.3 Å². The summed E-state index contributed by atoms with van der Waals surface area (Å²) in [5.41, 5.74) is 0.881. The highest BCUT2D eigenvalue weighted by Gasteiger charge is 2.20. The standard InChI is InChI=1S/C12H21N5O/c1-3-14-12(18)9(2)17-8-11(15-16-17)7-13-6-10-4-5-10/h8-10,13H,3-7H2,1-2H3,(H,14,18). The maximum Gasteiger partial charge on any atom is 0.244 e. The summed E-state index contributed by atoms with van der Waals surface area (Å²) in [5, 5.41) is 14.2. The number of carbonyl (C=O) groups is 1. The van der Waals surface area contributed by atoms with Gasteiger partial charge >= 0.3 is 0 Å². The second-order valence-electron chi connectivity index (χ2n) is 4.83. The van der Waals surface area contributed by atoms with Crippen molar-refractivity contribution in [1.29, 1.82) is 0 Å². The van der Waals surface area contributed by atoms with E-state index in [1.165, 1.54) is 12.8 Å². The zero-order valence-electron chi connectivity index (χ0n) is 11.0. The monoisotopic (exact) mass is 251 g/mol. The first-order chi connectivity index (χ1) is 8.70. The number of amides is 1. The van der Waals surface area contributed by atoms with Crippen LogP contribution in [0.25, 0.3) is 0 Å². The van der Waals surface area contributed by atoms with Crippen molar-refractivity contribution in [2.24, 2.45) is 5.92 Å². The molecule has 100 valence electrons. The molecule has 1 aromatic rings. The van der Waals surface area contributed by atoms with Crippen molar-refractivity contribution in [3.8, 4) is 0 Å². The smallest absolute Gasteiger partial charge is 0.244 e. The third-order valence-electron chi connectivity index (χ3n) is 3.12. The summed E-state index contributed by atoms with van der Waals surface area (Å²) in [6.45, 7) is 6.13. The molecule has 2 N–H and O–H groups in total. The Morgan fingerprint density at radius 2 is 2.39 bits per heavy atom. The van der Waals surface area contributed by atoms with E-state index in [1.807, 2.05) is 20.0 Å². The average molecular weight is 251 g/mol. The van der Waals surface area contributed by atoms with Crippen LogP contribution in [0.4, 0.5) is 0 Å². The van der Waals surface area contributed by atoms with E-state index < -0.39 is 0 Å². The Morgan fingerprint density at radius 3 is 3.06 bits per heavy atom. The molecule has 0 aromatic carbocycles. The molecule has 1 fully saturated rings. The molecule has 0 spiro atoms. The highest BCUT2D eigenvalue weighted by atomic mass is 16.2. The number of nitrogens with zero attached hydrogens (tertiary/aromatic N) is 3. The van der Waals surface area contributed by atoms with Gasteiger partial charge in [0.05, 0.1) is 11.9 Å². The number of hydrogen-bond acceptors (Lipinski definition) is 4. The van der Waals surface area contributed by atoms with Gasteiger partial charge in [-0.1, -0.05) is 5.21 Å². The van der Waals surface area contributed by atoms with Gasteiger partial charge in [-0.3, -0.25) is 4.79 Å². The maximum absolute atomic E-state index is 11.6. The van der Waals surface area contributed by atoms with Crippen LogP contribution in [0.5, 0.6) is 0 Å². The molecular weight excluding hydrogens is 230 g/mol. The zero-order chi connectivity index (χ0) is 13.0. The first-order valence-electron chi connectivity index (χ1n) is 6.59. The number of nitrogens with one attached hydrogen (secondary N) is 2. The minimum Gasteiger partial charge on any atom is -0.355 e. The van der Waals surface area contributed by atoms with Gasteiger partial charge in [0.1, 0.15) is 6.04 Å². The lowest BCUT2D eigenvalue weighted by molar-refractivity contribution is -0.124. The molecule has 0 radical (unpaired) electrons. The van der Waals surface area contributed by atoms with Gasteiger partial charge in [0.25, 0.3) is 0 Å². The van der Waals surface area contributed by atoms with Crippen LogP contribution < -0.4 is 10.6 Å². The van der Waals surface area contributed by atoms with Gasteiger partial charge < -0.3 is 10.6 Å². The SMILES string of the molecule is CCNC(=O)C(C)n1cc(CNCC2CC2)nn1. The zero-order valence-corrected chi connectivity index (χ0v) is 11.0. The van der Waals surface area contributed by atoms with Gasteiger partial charge in [-0.2, -0.15) is 0 Å². The van der Waals surface area contributed by atoms with E-state index in [0.29, 0.717) is 6.54 Å². The predicted molar refractivity (Wildman–Crippen MR) is 67.8 cm³/mol. The normalized spacial score (nSPS) is 16.6. The van der Waals surface area contributed by atoms with Crippen molar-refractivity contribution in [3.05, 3.63) is 11.9 Å². The van der Waals surface area contributed by atoms with Crippen LogP contribution >= 0.6 is 0 Å². The Hall–Kier alpha value is -1.43. The van der Waals surface area contributed by atoms with Crippen LogP contribution in [0.2, 0.25) is 0 Å². The van der Waals surface area contributed by atoms with E-state index in [-0.39, 0.29) is 11.9 Å². The minimum atomic E-state index is -0.311. The van der Waals surface area contributed by atoms with E-state index in [1.54, 1.807) is 4.68 Å². The number of aromatic nitrogens is 3. The fourth-order valence-electron chi connectivity index (χ4n) is 1.75. The molecule has 6 nitrogen and oxygen atoms in total. The summed E-state index contributed by atoms with van der Waals surface area (Å²) in [6.07, 6.45) is 4.52. The predicted octanol–water partition coefficient (Wildman–Crippen LogP) is 0.475. The first-order valence-corrected chi connectivity index (χ1v) is 6.59. The van der Waals surface area contributed by atoms with Crippen LogP contribution in [0, 0.1) is 5.92 Å². The lowest BCUT2D eigenvalue weighted by atomic mass is 10.3. The Kier molecular flexibility index (Phi) is 4.30. The van der Waals surface area contributed by atoms with Gasteiger partial charge in [0.2, 0.25) is 5.91 Å². The van der Waals surface area contributed by atoms with E-state index in [0.717, 1.165) is 24.7 Å². The summed E-state index contributed by atoms with van der Waals surface area (Å²) >= 11 is 0. The van der Waals surface area contributed by atoms with Crippen LogP contribution in [0.1, 0.15) is 38.4 Å². The lowest BCUT2D eigenvalue weighted by Gasteiger charge is -2.10. The molecule has 18 heavy (non-hydrogen) atoms. The molecular formula is C12H21N5O. The van der Waals surface area contributed by atoms with Crippen LogP contribution in [-0.2, 0) is 11.3 Å². The molecule has 1 unspecified atom stereocenters. The Bertz CT molecular complexity index is 399. The largest absolute Gasteiger partial charge is 0.355 e. The molecule has 1 heterocycles. The molecule has 0 bridgehead atoms. The molecule has 1 amide bonds. The fourth-order valence-corrected chi connectivity index (χ4v) is 1.75. The molecule has 1 aliphatic rings. The summed E-state index contributed by atoms with van der Waals surface area (Å²) in [7, 11) is 0. The van der Waals surface area contributed by atoms with Crippen LogP contribution in [0.15, 0.2) is 6.20 Å². The summed E-state index contributed by atoms with van der Waals surface area (Å²) in [4.78, 5) is 11.6. The Labute approximate surface area is 107 Å². The second-order valence-corrected chi connectivity index (χ2v) is 4.83. The molecule has 1 aliphatic carbocycles. The number of carbonyl (C=O) groups excluding carboxylic acids is 1. The number of likely N-dealkylation sites (N-methyl/N-ethyl adjacent to an activating group) is 1. The number of rotatable bonds is 7. The first kappa shape index (κ1) is 13.0. The van der Waals surface area contributed by atoms with E-state index in [9.17, 15) is 4.79 Å². The Balaban J connectivity index is 1.81. The fraction of sp³-hybridized carbons (Fsp3) is 0.750. The maximum atomic E-state index is 11.6. The van der Waals surface area contributed by atoms with Gasteiger partial charge in [-0.25, -0.2) is 4.68 Å². The van der Waals surface area contributed by atoms with Crippen molar-refractivity contribution >= 4 is 5.91 Å². The molecule has 1 atom stereocenters. The molecule has 1 saturated carbocycles. The number of hydrogen-bond donors (Lipinski definition) is 2. The van der Waals surface area contributed by atoms with E-state index >= 15 is 0 Å². The highest BCUT2D eigenvalue weighted by molar-refractivity contribution is 5.79. The third-order valence-corrected chi connectivity index (χ3v) is 3.12. The molecule has 6 heteroatoms. The summed E-state index contributed by atoms with van der Waals surface area (Å²) < 4.78 is 1.61. The van der Waals surface area contributed by atoms with E-state index in [2.05, 4.69) is 20.9 Å². The minimum absolute atomic E-state index is 0.0279. The van der Waals surface area contributed by atoms with Crippen LogP contribution in [-0.4, -0.2) is 34.0 Å². The van der Waals surface area contributed by atoms with Gasteiger partial charge in [0, 0.05) is 13.1 Å². The summed E-state index contributed by atoms with van der Waals surface area (Å²) in [6, 6.07) is -0.311. The topological polar surface area (TPSA) is 71.8 Å². The van der Waals surface area contributed by atoms with Gasteiger partial charge in [-0.05, 0) is 39.2 Å². The lowest BCUT2D eigenvalue weighted by Crippen LogP contribution is -2.31. The van der Waals surface area contributed by atoms with Gasteiger partial charge in [-0.15, -0.1) is 5.10 Å². The van der Waals surface area contributed by atoms with Crippen molar-refractivity contribution < 1.29 is 4.79 Å². The third kappa shape index (κ3) is 3.53. The Morgan fingerprint density at radius 1 is 1.61 bits per heavy atom. The quantitative estimate of drug-likeness (QED) is 0.739.